The Morgan fingerprint density at radius 1 is 1.08 bits per heavy atom. The maximum absolute atomic E-state index is 15.3. The molecule has 0 bridgehead atoms. The average molecular weight is 503 g/mol. The van der Waals surface area contributed by atoms with Crippen molar-refractivity contribution in [2.45, 2.75) is 13.0 Å². The van der Waals surface area contributed by atoms with Crippen molar-refractivity contribution in [3.63, 3.8) is 0 Å². The van der Waals surface area contributed by atoms with E-state index >= 15 is 4.39 Å². The number of nitrogens with zero attached hydrogens (tertiary/aromatic N) is 5. The Balaban J connectivity index is 1.26. The molecule has 5 rings (SSSR count). The number of benzene rings is 1. The molecule has 1 fully saturated rings. The molecule has 9 nitrogen and oxygen atoms in total. The smallest absolute Gasteiger partial charge is 0.274 e. The van der Waals surface area contributed by atoms with E-state index < -0.39 is 36.2 Å². The molecule has 188 valence electrons. The Kier molecular flexibility index (Phi) is 6.31. The predicted molar refractivity (Wildman–Crippen MR) is 123 cm³/mol. The number of hydrogen-bond acceptors (Lipinski definition) is 6. The molecule has 1 aliphatic heterocycles. The SMILES string of the molecule is O=C(NCC(F)F)c1ccc(N2CCN(Cc3ccc4c([nH]c(=O)c5cncn54)c3F)CC2)c(F)n1. The molecule has 0 unspecified atom stereocenters. The van der Waals surface area contributed by atoms with Crippen molar-refractivity contribution < 1.29 is 22.4 Å². The van der Waals surface area contributed by atoms with Gasteiger partial charge in [-0.1, -0.05) is 6.07 Å². The summed E-state index contributed by atoms with van der Waals surface area (Å²) in [7, 11) is 0. The topological polar surface area (TPSA) is 98.6 Å². The Bertz CT molecular complexity index is 1500. The molecule has 0 spiro atoms. The zero-order chi connectivity index (χ0) is 25.4. The number of alkyl halides is 2. The molecule has 0 radical (unpaired) electrons. The highest BCUT2D eigenvalue weighted by Crippen LogP contribution is 2.23. The lowest BCUT2D eigenvalue weighted by Crippen LogP contribution is -2.46. The number of aromatic nitrogens is 4. The van der Waals surface area contributed by atoms with Crippen LogP contribution in [0.15, 0.2) is 41.6 Å². The van der Waals surface area contributed by atoms with Crippen molar-refractivity contribution in [3.05, 3.63) is 70.2 Å². The largest absolute Gasteiger partial charge is 0.365 e. The maximum Gasteiger partial charge on any atom is 0.274 e. The number of carbonyl (C=O) groups excluding carboxylic acids is 1. The third kappa shape index (κ3) is 4.49. The minimum atomic E-state index is -2.72. The van der Waals surface area contributed by atoms with E-state index in [9.17, 15) is 22.8 Å². The lowest BCUT2D eigenvalue weighted by Gasteiger charge is -2.36. The van der Waals surface area contributed by atoms with Crippen LogP contribution >= 0.6 is 0 Å². The van der Waals surface area contributed by atoms with Crippen LogP contribution in [0.25, 0.3) is 16.6 Å². The van der Waals surface area contributed by atoms with E-state index in [2.05, 4.69) is 15.0 Å². The lowest BCUT2D eigenvalue weighted by molar-refractivity contribution is 0.0886. The number of fused-ring (bicyclic) bond motifs is 3. The van der Waals surface area contributed by atoms with Crippen LogP contribution in [0, 0.1) is 11.8 Å². The number of hydrogen-bond donors (Lipinski definition) is 2. The van der Waals surface area contributed by atoms with E-state index in [0.29, 0.717) is 49.3 Å². The van der Waals surface area contributed by atoms with E-state index in [0.717, 1.165) is 0 Å². The Morgan fingerprint density at radius 2 is 1.86 bits per heavy atom. The number of piperazine rings is 1. The summed E-state index contributed by atoms with van der Waals surface area (Å²) in [6.07, 6.45) is 0.159. The molecule has 0 saturated carbocycles. The number of nitrogens with one attached hydrogen (secondary N) is 2. The number of rotatable bonds is 6. The summed E-state index contributed by atoms with van der Waals surface area (Å²) in [5, 5.41) is 1.99. The highest BCUT2D eigenvalue weighted by atomic mass is 19.3. The minimum absolute atomic E-state index is 0.104. The molecule has 1 amide bonds. The van der Waals surface area contributed by atoms with Gasteiger partial charge in [-0.2, -0.15) is 4.39 Å². The number of H-pyrrole nitrogens is 1. The number of anilines is 1. The first-order valence-corrected chi connectivity index (χ1v) is 11.2. The van der Waals surface area contributed by atoms with E-state index in [1.54, 1.807) is 17.0 Å². The van der Waals surface area contributed by atoms with Gasteiger partial charge < -0.3 is 15.2 Å². The fraction of sp³-hybridized carbons (Fsp3) is 0.304. The second-order valence-electron chi connectivity index (χ2n) is 8.41. The maximum atomic E-state index is 15.3. The van der Waals surface area contributed by atoms with Crippen LogP contribution in [-0.2, 0) is 6.54 Å². The standard InChI is InChI=1S/C23H21F4N7O2/c24-18(25)10-29-22(35)14-2-4-16(21(27)30-14)33-7-5-32(6-8-33)11-13-1-3-15-20(19(13)26)31-23(36)17-9-28-12-34(15)17/h1-4,9,12,18H,5-8,10-11H2,(H,29,35)(H,31,36). The second-order valence-corrected chi connectivity index (χ2v) is 8.41. The van der Waals surface area contributed by atoms with Crippen LogP contribution in [0.1, 0.15) is 16.1 Å². The zero-order valence-electron chi connectivity index (χ0n) is 18.8. The number of carbonyl (C=O) groups is 1. The Labute approximate surface area is 201 Å². The van der Waals surface area contributed by atoms with Gasteiger partial charge in [-0.25, -0.2) is 23.1 Å². The van der Waals surface area contributed by atoms with Crippen molar-refractivity contribution in [1.29, 1.82) is 0 Å². The van der Waals surface area contributed by atoms with Crippen LogP contribution in [0.4, 0.5) is 23.2 Å². The first-order valence-electron chi connectivity index (χ1n) is 11.2. The van der Waals surface area contributed by atoms with Gasteiger partial charge in [-0.3, -0.25) is 18.9 Å². The Morgan fingerprint density at radius 3 is 2.58 bits per heavy atom. The Hall–Kier alpha value is -4.00. The molecule has 13 heteroatoms. The summed E-state index contributed by atoms with van der Waals surface area (Å²) in [6.45, 7) is 1.32. The molecule has 0 atom stereocenters. The third-order valence-corrected chi connectivity index (χ3v) is 6.15. The van der Waals surface area contributed by atoms with Gasteiger partial charge in [-0.05, 0) is 18.2 Å². The zero-order valence-corrected chi connectivity index (χ0v) is 18.8. The molecule has 1 aliphatic rings. The van der Waals surface area contributed by atoms with Gasteiger partial charge >= 0.3 is 0 Å². The first-order chi connectivity index (χ1) is 17.3. The quantitative estimate of drug-likeness (QED) is 0.309. The van der Waals surface area contributed by atoms with Crippen LogP contribution in [0.5, 0.6) is 0 Å². The summed E-state index contributed by atoms with van der Waals surface area (Å²) >= 11 is 0. The molecule has 3 aromatic heterocycles. The van der Waals surface area contributed by atoms with E-state index in [1.807, 2.05) is 10.2 Å². The van der Waals surface area contributed by atoms with E-state index in [1.165, 1.54) is 29.1 Å². The molecule has 2 N–H and O–H groups in total. The molecule has 0 aliphatic carbocycles. The summed E-state index contributed by atoms with van der Waals surface area (Å²) in [4.78, 5) is 38.0. The van der Waals surface area contributed by atoms with Gasteiger partial charge in [0.1, 0.15) is 16.7 Å². The number of halogens is 4. The molecular formula is C23H21F4N7O2. The fourth-order valence-corrected chi connectivity index (χ4v) is 4.32. The molecule has 1 saturated heterocycles. The predicted octanol–water partition coefficient (Wildman–Crippen LogP) is 2.17. The molecular weight excluding hydrogens is 482 g/mol. The van der Waals surface area contributed by atoms with Gasteiger partial charge in [0.25, 0.3) is 17.9 Å². The molecule has 4 aromatic rings. The number of pyridine rings is 1. The fourth-order valence-electron chi connectivity index (χ4n) is 4.32. The molecule has 4 heterocycles. The highest BCUT2D eigenvalue weighted by molar-refractivity contribution is 5.92. The van der Waals surface area contributed by atoms with Gasteiger partial charge in [0, 0.05) is 38.3 Å². The van der Waals surface area contributed by atoms with Gasteiger partial charge in [-0.15, -0.1) is 0 Å². The van der Waals surface area contributed by atoms with E-state index in [4.69, 9.17) is 0 Å². The van der Waals surface area contributed by atoms with Crippen LogP contribution in [0.2, 0.25) is 0 Å². The third-order valence-electron chi connectivity index (χ3n) is 6.15. The van der Waals surface area contributed by atoms with Crippen molar-refractivity contribution in [3.8, 4) is 0 Å². The van der Waals surface area contributed by atoms with Gasteiger partial charge in [0.2, 0.25) is 5.95 Å². The number of amides is 1. The van der Waals surface area contributed by atoms with Crippen molar-refractivity contribution >= 4 is 28.1 Å². The van der Waals surface area contributed by atoms with Crippen molar-refractivity contribution in [2.75, 3.05) is 37.6 Å². The summed E-state index contributed by atoms with van der Waals surface area (Å²) < 4.78 is 55.9. The minimum Gasteiger partial charge on any atom is -0.365 e. The lowest BCUT2D eigenvalue weighted by atomic mass is 10.1. The van der Waals surface area contributed by atoms with Gasteiger partial charge in [0.05, 0.1) is 30.3 Å². The highest BCUT2D eigenvalue weighted by Gasteiger charge is 2.23. The van der Waals surface area contributed by atoms with Crippen LogP contribution in [0.3, 0.4) is 0 Å². The van der Waals surface area contributed by atoms with Crippen molar-refractivity contribution in [1.82, 2.24) is 29.6 Å². The summed E-state index contributed by atoms with van der Waals surface area (Å²) in [5.74, 6) is -2.26. The summed E-state index contributed by atoms with van der Waals surface area (Å²) in [6, 6.07) is 6.08. The van der Waals surface area contributed by atoms with E-state index in [-0.39, 0.29) is 16.9 Å². The van der Waals surface area contributed by atoms with Crippen LogP contribution < -0.4 is 15.8 Å². The summed E-state index contributed by atoms with van der Waals surface area (Å²) in [5.41, 5.74) is 0.826. The number of imidazole rings is 1. The second kappa shape index (κ2) is 9.57. The van der Waals surface area contributed by atoms with Crippen LogP contribution in [-0.4, -0.2) is 69.3 Å². The van der Waals surface area contributed by atoms with Gasteiger partial charge in [0.15, 0.2) is 5.82 Å². The van der Waals surface area contributed by atoms with Crippen molar-refractivity contribution in [2.24, 2.45) is 0 Å². The molecule has 1 aromatic carbocycles. The average Bonchev–Trinajstić information content (AvgIpc) is 3.36. The monoisotopic (exact) mass is 503 g/mol. The first kappa shape index (κ1) is 23.7. The normalized spacial score (nSPS) is 14.8. The molecule has 36 heavy (non-hydrogen) atoms. The number of aromatic amines is 1.